The van der Waals surface area contributed by atoms with Gasteiger partial charge in [0.25, 0.3) is 0 Å². The maximum absolute atomic E-state index is 12.9. The minimum Gasteiger partial charge on any atom is -0.495 e. The van der Waals surface area contributed by atoms with Crippen molar-refractivity contribution in [2.75, 3.05) is 45.7 Å². The molecule has 0 saturated carbocycles. The average Bonchev–Trinajstić information content (AvgIpc) is 3.02. The maximum atomic E-state index is 12.9. The molecule has 0 aliphatic carbocycles. The third-order valence-corrected chi connectivity index (χ3v) is 5.46. The number of para-hydroxylation sites is 2. The molecule has 0 aromatic heterocycles. The third-order valence-electron chi connectivity index (χ3n) is 5.46. The third kappa shape index (κ3) is 3.49. The molecule has 2 aliphatic heterocycles. The topological polar surface area (TPSA) is 53.1 Å². The molecule has 2 saturated heterocycles. The molecule has 136 valence electrons. The molecule has 6 heteroatoms. The molecule has 0 bridgehead atoms. The first-order valence-electron chi connectivity index (χ1n) is 8.92. The molecule has 0 N–H and O–H groups in total. The highest BCUT2D eigenvalue weighted by Crippen LogP contribution is 2.33. The Morgan fingerprint density at radius 3 is 2.52 bits per heavy atom. The van der Waals surface area contributed by atoms with Crippen LogP contribution in [0.2, 0.25) is 0 Å². The molecule has 2 heterocycles. The number of amides is 2. The van der Waals surface area contributed by atoms with E-state index in [2.05, 4.69) is 11.9 Å². The first-order chi connectivity index (χ1) is 12.0. The summed E-state index contributed by atoms with van der Waals surface area (Å²) in [5, 5.41) is 0. The summed E-state index contributed by atoms with van der Waals surface area (Å²) in [5.41, 5.74) is 0.743. The largest absolute Gasteiger partial charge is 0.495 e. The lowest BCUT2D eigenvalue weighted by Gasteiger charge is -2.36. The van der Waals surface area contributed by atoms with Crippen molar-refractivity contribution in [2.45, 2.75) is 25.3 Å². The quantitative estimate of drug-likeness (QED) is 0.778. The van der Waals surface area contributed by atoms with Gasteiger partial charge < -0.3 is 19.4 Å². The number of anilines is 1. The fourth-order valence-corrected chi connectivity index (χ4v) is 3.81. The van der Waals surface area contributed by atoms with E-state index >= 15 is 0 Å². The van der Waals surface area contributed by atoms with Gasteiger partial charge in [0.05, 0.1) is 12.8 Å². The minimum absolute atomic E-state index is 0.0445. The van der Waals surface area contributed by atoms with E-state index in [1.807, 2.05) is 31.3 Å². The molecule has 2 amide bonds. The van der Waals surface area contributed by atoms with Gasteiger partial charge >= 0.3 is 0 Å². The first kappa shape index (κ1) is 17.7. The zero-order valence-electron chi connectivity index (χ0n) is 15.3. The Balaban J connectivity index is 1.70. The first-order valence-corrected chi connectivity index (χ1v) is 8.92. The van der Waals surface area contributed by atoms with Gasteiger partial charge in [0.2, 0.25) is 11.8 Å². The van der Waals surface area contributed by atoms with Crippen LogP contribution >= 0.6 is 0 Å². The van der Waals surface area contributed by atoms with E-state index in [0.29, 0.717) is 18.7 Å². The van der Waals surface area contributed by atoms with Gasteiger partial charge in [-0.05, 0) is 51.5 Å². The summed E-state index contributed by atoms with van der Waals surface area (Å²) >= 11 is 0. The highest BCUT2D eigenvalue weighted by atomic mass is 16.5. The second kappa shape index (κ2) is 7.44. The second-order valence-electron chi connectivity index (χ2n) is 6.99. The molecule has 2 fully saturated rings. The summed E-state index contributed by atoms with van der Waals surface area (Å²) in [6.07, 6.45) is 2.50. The second-order valence-corrected chi connectivity index (χ2v) is 6.99. The molecule has 1 unspecified atom stereocenters. The summed E-state index contributed by atoms with van der Waals surface area (Å²) in [6.45, 7) is 2.54. The molecule has 0 radical (unpaired) electrons. The molecule has 3 rings (SSSR count). The number of hydrogen-bond donors (Lipinski definition) is 0. The number of carbonyl (C=O) groups excluding carboxylic acids is 2. The lowest BCUT2D eigenvalue weighted by molar-refractivity contribution is -0.141. The SMILES string of the molecule is COc1ccccc1N1CCC(C(=O)N(C)C2CCN(C)CC2)C1=O. The Hall–Kier alpha value is -2.08. The molecule has 6 nitrogen and oxygen atoms in total. The molecule has 1 aromatic carbocycles. The van der Waals surface area contributed by atoms with Crippen molar-refractivity contribution in [1.82, 2.24) is 9.80 Å². The number of methoxy groups -OCH3 is 1. The average molecular weight is 345 g/mol. The van der Waals surface area contributed by atoms with Gasteiger partial charge in [0.15, 0.2) is 0 Å². The molecule has 2 aliphatic rings. The lowest BCUT2D eigenvalue weighted by Crippen LogP contribution is -2.47. The van der Waals surface area contributed by atoms with Crippen LogP contribution in [0.15, 0.2) is 24.3 Å². The highest BCUT2D eigenvalue weighted by Gasteiger charge is 2.41. The Bertz CT molecular complexity index is 641. The van der Waals surface area contributed by atoms with Crippen LogP contribution in [0.25, 0.3) is 0 Å². The van der Waals surface area contributed by atoms with Crippen molar-refractivity contribution >= 4 is 17.5 Å². The Labute approximate surface area is 149 Å². The Morgan fingerprint density at radius 1 is 1.16 bits per heavy atom. The van der Waals surface area contributed by atoms with E-state index in [4.69, 9.17) is 4.74 Å². The van der Waals surface area contributed by atoms with Crippen molar-refractivity contribution in [1.29, 1.82) is 0 Å². The summed E-state index contributed by atoms with van der Waals surface area (Å²) in [7, 11) is 5.54. The molecule has 1 atom stereocenters. The van der Waals surface area contributed by atoms with Crippen LogP contribution in [-0.2, 0) is 9.59 Å². The van der Waals surface area contributed by atoms with Crippen LogP contribution in [0.5, 0.6) is 5.75 Å². The molecule has 0 spiro atoms. The number of hydrogen-bond acceptors (Lipinski definition) is 4. The van der Waals surface area contributed by atoms with Gasteiger partial charge in [-0.1, -0.05) is 12.1 Å². The Kier molecular flexibility index (Phi) is 5.27. The van der Waals surface area contributed by atoms with Crippen molar-refractivity contribution < 1.29 is 14.3 Å². The monoisotopic (exact) mass is 345 g/mol. The van der Waals surface area contributed by atoms with Gasteiger partial charge in [-0.2, -0.15) is 0 Å². The van der Waals surface area contributed by atoms with Gasteiger partial charge in [0, 0.05) is 19.6 Å². The normalized spacial score (nSPS) is 22.3. The standard InChI is InChI=1S/C19H27N3O3/c1-20-11-8-14(9-12-20)21(2)18(23)15-10-13-22(19(15)24)16-6-4-5-7-17(16)25-3/h4-7,14-15H,8-13H2,1-3H3. The summed E-state index contributed by atoms with van der Waals surface area (Å²) < 4.78 is 5.36. The number of rotatable bonds is 4. The van der Waals surface area contributed by atoms with Gasteiger partial charge in [-0.25, -0.2) is 0 Å². The van der Waals surface area contributed by atoms with Gasteiger partial charge in [-0.15, -0.1) is 0 Å². The zero-order chi connectivity index (χ0) is 18.0. The number of piperidine rings is 1. The van der Waals surface area contributed by atoms with Crippen molar-refractivity contribution in [3.8, 4) is 5.75 Å². The fourth-order valence-electron chi connectivity index (χ4n) is 3.81. The fraction of sp³-hybridized carbons (Fsp3) is 0.579. The van der Waals surface area contributed by atoms with E-state index in [-0.39, 0.29) is 17.9 Å². The van der Waals surface area contributed by atoms with Crippen LogP contribution in [0.3, 0.4) is 0 Å². The van der Waals surface area contributed by atoms with Gasteiger partial charge in [0.1, 0.15) is 11.7 Å². The number of likely N-dealkylation sites (tertiary alicyclic amines) is 1. The van der Waals surface area contributed by atoms with Crippen LogP contribution in [-0.4, -0.2) is 68.5 Å². The van der Waals surface area contributed by atoms with Crippen LogP contribution in [0.1, 0.15) is 19.3 Å². The predicted octanol–water partition coefficient (Wildman–Crippen LogP) is 1.60. The number of carbonyl (C=O) groups is 2. The summed E-state index contributed by atoms with van der Waals surface area (Å²) in [6, 6.07) is 7.69. The van der Waals surface area contributed by atoms with Crippen molar-refractivity contribution in [2.24, 2.45) is 5.92 Å². The smallest absolute Gasteiger partial charge is 0.239 e. The van der Waals surface area contributed by atoms with Crippen LogP contribution in [0, 0.1) is 5.92 Å². The Morgan fingerprint density at radius 2 is 1.84 bits per heavy atom. The summed E-state index contributed by atoms with van der Waals surface area (Å²) in [4.78, 5) is 31.5. The minimum atomic E-state index is -0.574. The number of benzene rings is 1. The number of nitrogens with zero attached hydrogens (tertiary/aromatic N) is 3. The van der Waals surface area contributed by atoms with E-state index in [1.54, 1.807) is 16.9 Å². The van der Waals surface area contributed by atoms with Crippen LogP contribution < -0.4 is 9.64 Å². The molecule has 1 aromatic rings. The predicted molar refractivity (Wildman–Crippen MR) is 96.7 cm³/mol. The molecule has 25 heavy (non-hydrogen) atoms. The van der Waals surface area contributed by atoms with Crippen molar-refractivity contribution in [3.63, 3.8) is 0 Å². The van der Waals surface area contributed by atoms with E-state index in [1.165, 1.54) is 0 Å². The van der Waals surface area contributed by atoms with E-state index < -0.39 is 5.92 Å². The molecular weight excluding hydrogens is 318 g/mol. The highest BCUT2D eigenvalue weighted by molar-refractivity contribution is 6.10. The maximum Gasteiger partial charge on any atom is 0.239 e. The molecular formula is C19H27N3O3. The number of ether oxygens (including phenoxy) is 1. The van der Waals surface area contributed by atoms with E-state index in [0.717, 1.165) is 31.6 Å². The van der Waals surface area contributed by atoms with E-state index in [9.17, 15) is 9.59 Å². The summed E-state index contributed by atoms with van der Waals surface area (Å²) in [5.74, 6) is -0.0755. The van der Waals surface area contributed by atoms with Crippen LogP contribution in [0.4, 0.5) is 5.69 Å². The van der Waals surface area contributed by atoms with Crippen molar-refractivity contribution in [3.05, 3.63) is 24.3 Å². The lowest BCUT2D eigenvalue weighted by atomic mass is 10.0. The zero-order valence-corrected chi connectivity index (χ0v) is 15.3. The van der Waals surface area contributed by atoms with Gasteiger partial charge in [-0.3, -0.25) is 9.59 Å².